The molecule has 1 unspecified atom stereocenters. The van der Waals surface area contributed by atoms with E-state index in [4.69, 9.17) is 4.74 Å². The van der Waals surface area contributed by atoms with E-state index in [-0.39, 0.29) is 12.0 Å². The van der Waals surface area contributed by atoms with Crippen molar-refractivity contribution in [3.8, 4) is 5.75 Å². The van der Waals surface area contributed by atoms with Crippen molar-refractivity contribution in [1.29, 1.82) is 0 Å². The lowest BCUT2D eigenvalue weighted by atomic mass is 9.97. The highest BCUT2D eigenvalue weighted by Crippen LogP contribution is 2.27. The molecule has 0 saturated heterocycles. The average molecular weight is 347 g/mol. The molecule has 2 aromatic carbocycles. The lowest BCUT2D eigenvalue weighted by Crippen LogP contribution is -2.32. The first-order valence-corrected chi connectivity index (χ1v) is 9.46. The van der Waals surface area contributed by atoms with E-state index >= 15 is 0 Å². The van der Waals surface area contributed by atoms with Gasteiger partial charge >= 0.3 is 0 Å². The molecule has 0 amide bonds. The van der Waals surface area contributed by atoms with E-state index in [1.54, 1.807) is 13.2 Å². The smallest absolute Gasteiger partial charge is 0.241 e. The number of aryl methyl sites for hydroxylation is 2. The Hall–Kier alpha value is -1.85. The van der Waals surface area contributed by atoms with Crippen molar-refractivity contribution in [1.82, 2.24) is 4.72 Å². The lowest BCUT2D eigenvalue weighted by molar-refractivity contribution is 0.413. The van der Waals surface area contributed by atoms with Gasteiger partial charge in [0.1, 0.15) is 5.75 Å². The van der Waals surface area contributed by atoms with Crippen molar-refractivity contribution in [3.63, 3.8) is 0 Å². The molecule has 0 radical (unpaired) electrons. The van der Waals surface area contributed by atoms with Gasteiger partial charge in [-0.1, -0.05) is 43.7 Å². The highest BCUT2D eigenvalue weighted by atomic mass is 32.2. The number of methoxy groups -OCH3 is 1. The summed E-state index contributed by atoms with van der Waals surface area (Å²) >= 11 is 0. The summed E-state index contributed by atoms with van der Waals surface area (Å²) in [6.45, 7) is 7.77. The standard InChI is InChI=1S/C19H25NO3S/c1-13(2)19(16-7-9-17(23-5)10-8-16)20-24(21,22)18-11-6-14(3)12-15(18)4/h6-13,19-20H,1-5H3. The molecule has 4 nitrogen and oxygen atoms in total. The molecule has 0 saturated carbocycles. The van der Waals surface area contributed by atoms with Gasteiger partial charge in [0.2, 0.25) is 10.0 Å². The molecule has 0 aliphatic carbocycles. The molecule has 0 heterocycles. The van der Waals surface area contributed by atoms with Crippen molar-refractivity contribution in [2.24, 2.45) is 5.92 Å². The second-order valence-electron chi connectivity index (χ2n) is 6.39. The summed E-state index contributed by atoms with van der Waals surface area (Å²) in [5.41, 5.74) is 2.71. The molecule has 24 heavy (non-hydrogen) atoms. The quantitative estimate of drug-likeness (QED) is 0.860. The number of hydrogen-bond acceptors (Lipinski definition) is 3. The minimum absolute atomic E-state index is 0.110. The molecule has 5 heteroatoms. The number of rotatable bonds is 6. The fraction of sp³-hybridized carbons (Fsp3) is 0.368. The van der Waals surface area contributed by atoms with Crippen LogP contribution in [0.25, 0.3) is 0 Å². The third kappa shape index (κ3) is 4.16. The van der Waals surface area contributed by atoms with Gasteiger partial charge in [-0.25, -0.2) is 13.1 Å². The van der Waals surface area contributed by atoms with Crippen LogP contribution in [0, 0.1) is 19.8 Å². The molecule has 0 fully saturated rings. The van der Waals surface area contributed by atoms with Gasteiger partial charge in [-0.15, -0.1) is 0 Å². The van der Waals surface area contributed by atoms with Gasteiger partial charge in [0.15, 0.2) is 0 Å². The van der Waals surface area contributed by atoms with E-state index in [1.807, 2.05) is 64.1 Å². The van der Waals surface area contributed by atoms with Gasteiger partial charge in [0.05, 0.1) is 12.0 Å². The first-order valence-electron chi connectivity index (χ1n) is 7.98. The molecule has 0 aliphatic rings. The molecule has 1 atom stereocenters. The van der Waals surface area contributed by atoms with Crippen LogP contribution in [0.4, 0.5) is 0 Å². The zero-order chi connectivity index (χ0) is 17.9. The van der Waals surface area contributed by atoms with Crippen molar-refractivity contribution in [2.45, 2.75) is 38.6 Å². The van der Waals surface area contributed by atoms with Gasteiger partial charge in [0, 0.05) is 6.04 Å². The van der Waals surface area contributed by atoms with Crippen molar-refractivity contribution >= 4 is 10.0 Å². The molecule has 2 rings (SSSR count). The van der Waals surface area contributed by atoms with E-state index in [1.165, 1.54) is 0 Å². The SMILES string of the molecule is COc1ccc(C(NS(=O)(=O)c2ccc(C)cc2C)C(C)C)cc1. The second kappa shape index (κ2) is 7.36. The monoisotopic (exact) mass is 347 g/mol. The van der Waals surface area contributed by atoms with Crippen molar-refractivity contribution < 1.29 is 13.2 Å². The number of ether oxygens (including phenoxy) is 1. The maximum Gasteiger partial charge on any atom is 0.241 e. The van der Waals surface area contributed by atoms with Crippen molar-refractivity contribution in [2.75, 3.05) is 7.11 Å². The topological polar surface area (TPSA) is 55.4 Å². The predicted molar refractivity (Wildman–Crippen MR) is 96.8 cm³/mol. The first kappa shape index (κ1) is 18.5. The van der Waals surface area contributed by atoms with Crippen LogP contribution in [-0.2, 0) is 10.0 Å². The van der Waals surface area contributed by atoms with Crippen LogP contribution >= 0.6 is 0 Å². The van der Waals surface area contributed by atoms with Gasteiger partial charge in [0.25, 0.3) is 0 Å². The molecular formula is C19H25NO3S. The number of sulfonamides is 1. The van der Waals surface area contributed by atoms with Gasteiger partial charge in [-0.2, -0.15) is 0 Å². The van der Waals surface area contributed by atoms with Gasteiger partial charge in [-0.05, 0) is 49.1 Å². The summed E-state index contributed by atoms with van der Waals surface area (Å²) in [7, 11) is -1.99. The molecule has 0 aliphatic heterocycles. The summed E-state index contributed by atoms with van der Waals surface area (Å²) in [4.78, 5) is 0.326. The minimum atomic E-state index is -3.60. The largest absolute Gasteiger partial charge is 0.497 e. The average Bonchev–Trinajstić information content (AvgIpc) is 2.52. The zero-order valence-electron chi connectivity index (χ0n) is 14.8. The van der Waals surface area contributed by atoms with Crippen LogP contribution in [-0.4, -0.2) is 15.5 Å². The Labute approximate surface area is 144 Å². The van der Waals surface area contributed by atoms with E-state index in [9.17, 15) is 8.42 Å². The maximum atomic E-state index is 12.8. The van der Waals surface area contributed by atoms with E-state index in [0.717, 1.165) is 22.4 Å². The Morgan fingerprint density at radius 2 is 1.62 bits per heavy atom. The molecule has 0 aromatic heterocycles. The van der Waals surface area contributed by atoms with Crippen LogP contribution in [0.2, 0.25) is 0 Å². The summed E-state index contributed by atoms with van der Waals surface area (Å²) in [5, 5.41) is 0. The number of benzene rings is 2. The molecule has 2 aromatic rings. The van der Waals surface area contributed by atoms with Crippen LogP contribution in [0.5, 0.6) is 5.75 Å². The van der Waals surface area contributed by atoms with Crippen LogP contribution in [0.1, 0.15) is 36.6 Å². The summed E-state index contributed by atoms with van der Waals surface area (Å²) in [5.74, 6) is 0.859. The summed E-state index contributed by atoms with van der Waals surface area (Å²) < 4.78 is 33.7. The second-order valence-corrected chi connectivity index (χ2v) is 8.07. The fourth-order valence-corrected chi connectivity index (χ4v) is 4.33. The van der Waals surface area contributed by atoms with Gasteiger partial charge < -0.3 is 4.74 Å². The van der Waals surface area contributed by atoms with E-state index in [2.05, 4.69) is 4.72 Å². The highest BCUT2D eigenvalue weighted by molar-refractivity contribution is 7.89. The highest BCUT2D eigenvalue weighted by Gasteiger charge is 2.25. The molecular weight excluding hydrogens is 322 g/mol. The van der Waals surface area contributed by atoms with E-state index < -0.39 is 10.0 Å². The van der Waals surface area contributed by atoms with Crippen LogP contribution in [0.15, 0.2) is 47.4 Å². The van der Waals surface area contributed by atoms with Crippen LogP contribution in [0.3, 0.4) is 0 Å². The summed E-state index contributed by atoms with van der Waals surface area (Å²) in [6.07, 6.45) is 0. The first-order chi connectivity index (χ1) is 11.2. The Kier molecular flexibility index (Phi) is 5.67. The third-order valence-electron chi connectivity index (χ3n) is 4.04. The Balaban J connectivity index is 2.35. The Morgan fingerprint density at radius 1 is 1.00 bits per heavy atom. The summed E-state index contributed by atoms with van der Waals surface area (Å²) in [6, 6.07) is 12.5. The number of hydrogen-bond donors (Lipinski definition) is 1. The predicted octanol–water partition coefficient (Wildman–Crippen LogP) is 3.99. The molecule has 0 bridgehead atoms. The Bertz CT molecular complexity index is 796. The van der Waals surface area contributed by atoms with Gasteiger partial charge in [-0.3, -0.25) is 0 Å². The van der Waals surface area contributed by atoms with Crippen molar-refractivity contribution in [3.05, 3.63) is 59.2 Å². The molecule has 130 valence electrons. The minimum Gasteiger partial charge on any atom is -0.497 e. The number of nitrogens with one attached hydrogen (secondary N) is 1. The Morgan fingerprint density at radius 3 is 2.12 bits per heavy atom. The maximum absolute atomic E-state index is 12.8. The van der Waals surface area contributed by atoms with Crippen LogP contribution < -0.4 is 9.46 Å². The lowest BCUT2D eigenvalue weighted by Gasteiger charge is -2.23. The van der Waals surface area contributed by atoms with E-state index in [0.29, 0.717) is 4.90 Å². The molecule has 0 spiro atoms. The molecule has 1 N–H and O–H groups in total. The normalized spacial score (nSPS) is 13.1. The zero-order valence-corrected chi connectivity index (χ0v) is 15.6. The fourth-order valence-electron chi connectivity index (χ4n) is 2.73. The third-order valence-corrected chi connectivity index (χ3v) is 5.64.